The molecule has 2 aliphatic rings. The molecule has 3 nitrogen and oxygen atoms in total. The van der Waals surface area contributed by atoms with Gasteiger partial charge in [0.25, 0.3) is 0 Å². The van der Waals surface area contributed by atoms with E-state index in [1.807, 2.05) is 36.4 Å². The quantitative estimate of drug-likeness (QED) is 0.230. The van der Waals surface area contributed by atoms with Crippen molar-refractivity contribution in [2.45, 2.75) is 0 Å². The number of aromatic nitrogens is 2. The predicted octanol–water partition coefficient (Wildman–Crippen LogP) is 10.1. The van der Waals surface area contributed by atoms with Crippen LogP contribution in [0, 0.1) is 0 Å². The number of fused-ring (bicyclic) bond motifs is 5. The Kier molecular flexibility index (Phi) is 5.46. The molecule has 3 heteroatoms. The molecular weight excluding hydrogens is 500 g/mol. The van der Waals surface area contributed by atoms with Crippen molar-refractivity contribution in [1.29, 1.82) is 0 Å². The average molecular weight is 525 g/mol. The third-order valence-corrected chi connectivity index (χ3v) is 7.67. The van der Waals surface area contributed by atoms with Gasteiger partial charge < -0.3 is 4.42 Å². The Hall–Kier alpha value is -5.54. The van der Waals surface area contributed by atoms with E-state index in [4.69, 9.17) is 14.4 Å². The minimum atomic E-state index is 0.830. The third-order valence-electron chi connectivity index (χ3n) is 7.67. The summed E-state index contributed by atoms with van der Waals surface area (Å²) in [5, 5.41) is 2.13. The van der Waals surface area contributed by atoms with Crippen LogP contribution in [-0.2, 0) is 0 Å². The molecule has 3 heterocycles. The zero-order valence-electron chi connectivity index (χ0n) is 22.2. The Bertz CT molecular complexity index is 2070. The molecule has 0 radical (unpaired) electrons. The van der Waals surface area contributed by atoms with Crippen LogP contribution < -0.4 is 0 Å². The van der Waals surface area contributed by atoms with Crippen LogP contribution in [0.15, 0.2) is 150 Å². The van der Waals surface area contributed by atoms with E-state index in [1.54, 1.807) is 0 Å². The summed E-state index contributed by atoms with van der Waals surface area (Å²) < 4.78 is 6.58. The lowest BCUT2D eigenvalue weighted by Crippen LogP contribution is -1.91. The Morgan fingerprint density at radius 1 is 0.415 bits per heavy atom. The molecule has 2 aliphatic heterocycles. The largest absolute Gasteiger partial charge is 0.455 e. The van der Waals surface area contributed by atoms with Crippen LogP contribution in [0.1, 0.15) is 0 Å². The Balaban J connectivity index is 1.28. The fourth-order valence-corrected chi connectivity index (χ4v) is 5.65. The first-order valence-corrected chi connectivity index (χ1v) is 13.8. The molecule has 1 aromatic heterocycles. The first kappa shape index (κ1) is 23.4. The van der Waals surface area contributed by atoms with Crippen molar-refractivity contribution in [2.24, 2.45) is 0 Å². The van der Waals surface area contributed by atoms with Crippen LogP contribution >= 0.6 is 0 Å². The SMILES string of the molecule is c1ccc(-c2cc(-c3ccc(-c4oc5ccccc5c5nc6ccccc6c4-5)cc3)cc(-c3ccccc3)n2)cc1. The maximum atomic E-state index is 6.58. The number of rotatable bonds is 4. The summed E-state index contributed by atoms with van der Waals surface area (Å²) in [5.74, 6) is 0.837. The van der Waals surface area contributed by atoms with Gasteiger partial charge in [-0.25, -0.2) is 9.97 Å². The second-order valence-corrected chi connectivity index (χ2v) is 10.2. The molecule has 41 heavy (non-hydrogen) atoms. The third kappa shape index (κ3) is 4.07. The second-order valence-electron chi connectivity index (χ2n) is 10.2. The van der Waals surface area contributed by atoms with Gasteiger partial charge in [-0.05, 0) is 41.5 Å². The fourth-order valence-electron chi connectivity index (χ4n) is 5.65. The summed E-state index contributed by atoms with van der Waals surface area (Å²) in [4.78, 5) is 10.0. The highest BCUT2D eigenvalue weighted by Gasteiger charge is 2.23. The average Bonchev–Trinajstić information content (AvgIpc) is 3.45. The van der Waals surface area contributed by atoms with E-state index < -0.39 is 0 Å². The molecule has 0 N–H and O–H groups in total. The summed E-state index contributed by atoms with van der Waals surface area (Å²) >= 11 is 0. The lowest BCUT2D eigenvalue weighted by atomic mass is 9.96. The molecular formula is C38H24N2O. The molecule has 5 aromatic carbocycles. The Morgan fingerprint density at radius 3 is 1.66 bits per heavy atom. The van der Waals surface area contributed by atoms with Crippen molar-refractivity contribution >= 4 is 21.9 Å². The number of pyridine rings is 1. The van der Waals surface area contributed by atoms with Gasteiger partial charge in [0, 0.05) is 27.5 Å². The molecule has 6 aromatic rings. The highest BCUT2D eigenvalue weighted by molar-refractivity contribution is 6.10. The van der Waals surface area contributed by atoms with Gasteiger partial charge >= 0.3 is 0 Å². The van der Waals surface area contributed by atoms with E-state index in [2.05, 4.69) is 109 Å². The Morgan fingerprint density at radius 2 is 0.976 bits per heavy atom. The number of benzene rings is 5. The molecule has 0 unspecified atom stereocenters. The van der Waals surface area contributed by atoms with Crippen LogP contribution in [0.25, 0.3) is 78.1 Å². The van der Waals surface area contributed by atoms with Gasteiger partial charge in [-0.15, -0.1) is 0 Å². The van der Waals surface area contributed by atoms with E-state index in [0.717, 1.165) is 78.1 Å². The van der Waals surface area contributed by atoms with Crippen LogP contribution in [-0.4, -0.2) is 9.97 Å². The van der Waals surface area contributed by atoms with Gasteiger partial charge in [0.1, 0.15) is 11.3 Å². The van der Waals surface area contributed by atoms with Crippen molar-refractivity contribution in [2.75, 3.05) is 0 Å². The highest BCUT2D eigenvalue weighted by atomic mass is 16.3. The molecule has 0 saturated carbocycles. The van der Waals surface area contributed by atoms with E-state index in [0.29, 0.717) is 0 Å². The maximum absolute atomic E-state index is 6.58. The fraction of sp³-hybridized carbons (Fsp3) is 0. The van der Waals surface area contributed by atoms with Crippen LogP contribution in [0.2, 0.25) is 0 Å². The van der Waals surface area contributed by atoms with E-state index in [1.165, 1.54) is 0 Å². The number of para-hydroxylation sites is 2. The first-order valence-electron chi connectivity index (χ1n) is 13.8. The van der Waals surface area contributed by atoms with E-state index in [9.17, 15) is 0 Å². The van der Waals surface area contributed by atoms with Gasteiger partial charge in [-0.3, -0.25) is 0 Å². The van der Waals surface area contributed by atoms with E-state index >= 15 is 0 Å². The summed E-state index contributed by atoms with van der Waals surface area (Å²) in [7, 11) is 0. The van der Waals surface area contributed by atoms with Gasteiger partial charge in [0.2, 0.25) is 0 Å². The minimum absolute atomic E-state index is 0.830. The number of nitrogens with zero attached hydrogens (tertiary/aromatic N) is 2. The summed E-state index contributed by atoms with van der Waals surface area (Å²) in [5.41, 5.74) is 11.2. The summed E-state index contributed by atoms with van der Waals surface area (Å²) in [6.45, 7) is 0. The zero-order chi connectivity index (χ0) is 27.2. The standard InChI is InChI=1S/C38H24N2O/c1-3-11-26(12-4-1)33-23-29(24-34(39-33)27-13-5-2-6-14-27)25-19-21-28(22-20-25)38-36-30-15-7-9-17-32(30)40-37(36)31-16-8-10-18-35(31)41-38/h1-24H. The molecule has 0 aliphatic carbocycles. The molecule has 0 bridgehead atoms. The molecule has 0 atom stereocenters. The summed E-state index contributed by atoms with van der Waals surface area (Å²) in [6, 6.07) is 50.1. The van der Waals surface area contributed by atoms with Crippen molar-refractivity contribution < 1.29 is 4.42 Å². The molecule has 8 rings (SSSR count). The van der Waals surface area contributed by atoms with Crippen molar-refractivity contribution in [1.82, 2.24) is 9.97 Å². The first-order chi connectivity index (χ1) is 20.3. The van der Waals surface area contributed by atoms with Crippen LogP contribution in [0.4, 0.5) is 0 Å². The molecule has 0 fully saturated rings. The van der Waals surface area contributed by atoms with Gasteiger partial charge in [-0.1, -0.05) is 115 Å². The van der Waals surface area contributed by atoms with Gasteiger partial charge in [0.15, 0.2) is 0 Å². The van der Waals surface area contributed by atoms with Gasteiger partial charge in [0.05, 0.1) is 28.2 Å². The van der Waals surface area contributed by atoms with Crippen LogP contribution in [0.5, 0.6) is 0 Å². The van der Waals surface area contributed by atoms with Crippen molar-refractivity contribution in [3.05, 3.63) is 146 Å². The maximum Gasteiger partial charge on any atom is 0.144 e. The number of hydrogen-bond acceptors (Lipinski definition) is 3. The van der Waals surface area contributed by atoms with Crippen molar-refractivity contribution in [3.63, 3.8) is 0 Å². The minimum Gasteiger partial charge on any atom is -0.455 e. The lowest BCUT2D eigenvalue weighted by Gasteiger charge is -2.13. The van der Waals surface area contributed by atoms with Crippen molar-refractivity contribution in [3.8, 4) is 56.2 Å². The van der Waals surface area contributed by atoms with E-state index in [-0.39, 0.29) is 0 Å². The normalized spacial score (nSPS) is 11.4. The highest BCUT2D eigenvalue weighted by Crippen LogP contribution is 2.44. The summed E-state index contributed by atoms with van der Waals surface area (Å²) in [6.07, 6.45) is 0. The second kappa shape index (κ2) is 9.58. The molecule has 0 saturated heterocycles. The lowest BCUT2D eigenvalue weighted by molar-refractivity contribution is 0.622. The molecule has 0 amide bonds. The monoisotopic (exact) mass is 524 g/mol. The molecule has 192 valence electrons. The topological polar surface area (TPSA) is 38.9 Å². The Labute approximate surface area is 237 Å². The predicted molar refractivity (Wildman–Crippen MR) is 168 cm³/mol. The van der Waals surface area contributed by atoms with Gasteiger partial charge in [-0.2, -0.15) is 0 Å². The smallest absolute Gasteiger partial charge is 0.144 e. The molecule has 0 spiro atoms. The number of hydrogen-bond donors (Lipinski definition) is 0. The zero-order valence-corrected chi connectivity index (χ0v) is 22.2. The van der Waals surface area contributed by atoms with Crippen LogP contribution in [0.3, 0.4) is 0 Å².